The second-order valence-corrected chi connectivity index (χ2v) is 7.96. The van der Waals surface area contributed by atoms with Crippen molar-refractivity contribution in [2.45, 2.75) is 20.8 Å². The molecule has 102 valence electrons. The Hall–Kier alpha value is -1.19. The van der Waals surface area contributed by atoms with Gasteiger partial charge in [-0.2, -0.15) is 0 Å². The van der Waals surface area contributed by atoms with Crippen molar-refractivity contribution in [1.29, 1.82) is 0 Å². The first-order valence-electron chi connectivity index (χ1n) is 6.69. The number of carbonyl (C=O) groups is 1. The van der Waals surface area contributed by atoms with E-state index in [-0.39, 0.29) is 10.00 Å². The van der Waals surface area contributed by atoms with E-state index in [9.17, 15) is 4.79 Å². The molecule has 20 heavy (non-hydrogen) atoms. The van der Waals surface area contributed by atoms with Gasteiger partial charge in [0.1, 0.15) is 6.29 Å². The molecule has 0 spiro atoms. The van der Waals surface area contributed by atoms with Gasteiger partial charge in [0.05, 0.1) is 4.08 Å². The van der Waals surface area contributed by atoms with Crippen LogP contribution in [0.2, 0.25) is 0 Å². The molecule has 3 heteroatoms. The van der Waals surface area contributed by atoms with Crippen molar-refractivity contribution in [3.63, 3.8) is 0 Å². The molecule has 2 atom stereocenters. The number of hydrogen-bond donors (Lipinski definition) is 0. The van der Waals surface area contributed by atoms with Crippen LogP contribution in [0.15, 0.2) is 70.5 Å². The van der Waals surface area contributed by atoms with Gasteiger partial charge in [-0.1, -0.05) is 43.3 Å². The lowest BCUT2D eigenvalue weighted by atomic mass is 10.4. The van der Waals surface area contributed by atoms with Crippen LogP contribution in [0.4, 0.5) is 0 Å². The number of thioether (sulfide) groups is 2. The van der Waals surface area contributed by atoms with Crippen molar-refractivity contribution in [1.82, 2.24) is 0 Å². The quantitative estimate of drug-likeness (QED) is 0.587. The molecule has 1 aliphatic rings. The van der Waals surface area contributed by atoms with Crippen molar-refractivity contribution in [2.24, 2.45) is 11.8 Å². The van der Waals surface area contributed by atoms with Crippen molar-refractivity contribution in [2.75, 3.05) is 0 Å². The minimum atomic E-state index is -0.0511. The molecular formula is C17H16OS2. The molecular weight excluding hydrogens is 284 g/mol. The summed E-state index contributed by atoms with van der Waals surface area (Å²) < 4.78 is -0.0511. The summed E-state index contributed by atoms with van der Waals surface area (Å²) in [6.45, 7) is 2.17. The lowest BCUT2D eigenvalue weighted by Gasteiger charge is -2.16. The molecule has 0 bridgehead atoms. The van der Waals surface area contributed by atoms with Gasteiger partial charge in [0, 0.05) is 15.7 Å². The molecule has 3 rings (SSSR count). The number of hydrogen-bond acceptors (Lipinski definition) is 3. The van der Waals surface area contributed by atoms with Gasteiger partial charge in [-0.15, -0.1) is 23.5 Å². The van der Waals surface area contributed by atoms with E-state index in [0.29, 0.717) is 5.92 Å². The third-order valence-corrected chi connectivity index (χ3v) is 7.16. The zero-order valence-corrected chi connectivity index (χ0v) is 12.9. The summed E-state index contributed by atoms with van der Waals surface area (Å²) in [5.41, 5.74) is 0. The predicted molar refractivity (Wildman–Crippen MR) is 86.0 cm³/mol. The van der Waals surface area contributed by atoms with E-state index in [2.05, 4.69) is 31.2 Å². The second kappa shape index (κ2) is 5.66. The smallest absolute Gasteiger partial charge is 0.125 e. The lowest BCUT2D eigenvalue weighted by molar-refractivity contribution is -0.109. The molecule has 0 aliphatic heterocycles. The summed E-state index contributed by atoms with van der Waals surface area (Å²) in [6.07, 6.45) is 1.12. The fraction of sp³-hybridized carbons (Fsp3) is 0.235. The van der Waals surface area contributed by atoms with Crippen molar-refractivity contribution in [3.8, 4) is 0 Å². The molecule has 2 unspecified atom stereocenters. The van der Waals surface area contributed by atoms with E-state index >= 15 is 0 Å². The van der Waals surface area contributed by atoms with Gasteiger partial charge in [-0.05, 0) is 30.2 Å². The highest BCUT2D eigenvalue weighted by molar-refractivity contribution is 8.18. The Morgan fingerprint density at radius 2 is 1.35 bits per heavy atom. The minimum absolute atomic E-state index is 0.0511. The highest BCUT2D eigenvalue weighted by Crippen LogP contribution is 2.68. The Kier molecular flexibility index (Phi) is 3.90. The largest absolute Gasteiger partial charge is 0.303 e. The average Bonchev–Trinajstić information content (AvgIpc) is 3.03. The third kappa shape index (κ3) is 2.52. The molecule has 0 aromatic heterocycles. The van der Waals surface area contributed by atoms with E-state index in [1.807, 2.05) is 59.9 Å². The summed E-state index contributed by atoms with van der Waals surface area (Å²) in [5.74, 6) is 0.522. The predicted octanol–water partition coefficient (Wildman–Crippen LogP) is 4.73. The minimum Gasteiger partial charge on any atom is -0.303 e. The number of benzene rings is 2. The Morgan fingerprint density at radius 1 is 0.900 bits per heavy atom. The van der Waals surface area contributed by atoms with Gasteiger partial charge >= 0.3 is 0 Å². The van der Waals surface area contributed by atoms with Gasteiger partial charge in [-0.25, -0.2) is 0 Å². The fourth-order valence-electron chi connectivity index (χ4n) is 2.43. The maximum absolute atomic E-state index is 11.3. The molecule has 1 aliphatic carbocycles. The zero-order chi connectivity index (χ0) is 14.0. The van der Waals surface area contributed by atoms with E-state index in [1.54, 1.807) is 0 Å². The summed E-state index contributed by atoms with van der Waals surface area (Å²) in [7, 11) is 0. The van der Waals surface area contributed by atoms with E-state index < -0.39 is 0 Å². The average molecular weight is 300 g/mol. The Balaban J connectivity index is 1.85. The zero-order valence-electron chi connectivity index (χ0n) is 11.2. The topological polar surface area (TPSA) is 17.1 Å². The van der Waals surface area contributed by atoms with Gasteiger partial charge in [-0.3, -0.25) is 0 Å². The molecule has 0 heterocycles. The lowest BCUT2D eigenvalue weighted by Crippen LogP contribution is -2.03. The Labute approximate surface area is 128 Å². The Morgan fingerprint density at radius 3 is 1.70 bits per heavy atom. The molecule has 2 aromatic rings. The van der Waals surface area contributed by atoms with Crippen LogP contribution in [0.1, 0.15) is 6.92 Å². The van der Waals surface area contributed by atoms with Crippen LogP contribution in [-0.2, 0) is 4.79 Å². The summed E-state index contributed by atoms with van der Waals surface area (Å²) in [6, 6.07) is 20.7. The summed E-state index contributed by atoms with van der Waals surface area (Å²) in [5, 5.41) is 0. The monoisotopic (exact) mass is 300 g/mol. The summed E-state index contributed by atoms with van der Waals surface area (Å²) >= 11 is 3.65. The van der Waals surface area contributed by atoms with Crippen LogP contribution in [-0.4, -0.2) is 10.4 Å². The second-order valence-electron chi connectivity index (χ2n) is 5.00. The Bertz CT molecular complexity index is 541. The van der Waals surface area contributed by atoms with Gasteiger partial charge in [0.25, 0.3) is 0 Å². The van der Waals surface area contributed by atoms with Crippen molar-refractivity contribution >= 4 is 29.8 Å². The maximum atomic E-state index is 11.3. The number of carbonyl (C=O) groups excluding carboxylic acids is 1. The first-order chi connectivity index (χ1) is 9.76. The van der Waals surface area contributed by atoms with Crippen LogP contribution in [0.5, 0.6) is 0 Å². The molecule has 0 saturated heterocycles. The molecule has 1 nitrogen and oxygen atoms in total. The molecule has 1 saturated carbocycles. The SMILES string of the molecule is CC1C(C=O)C1(Sc1ccccc1)Sc1ccccc1. The molecule has 0 amide bonds. The van der Waals surface area contributed by atoms with Crippen LogP contribution in [0, 0.1) is 11.8 Å². The molecule has 0 radical (unpaired) electrons. The normalized spacial score (nSPS) is 23.2. The highest BCUT2D eigenvalue weighted by atomic mass is 32.2. The van der Waals surface area contributed by atoms with Gasteiger partial charge in [0.2, 0.25) is 0 Å². The highest BCUT2D eigenvalue weighted by Gasteiger charge is 2.63. The van der Waals surface area contributed by atoms with Crippen LogP contribution >= 0.6 is 23.5 Å². The van der Waals surface area contributed by atoms with Crippen LogP contribution in [0.25, 0.3) is 0 Å². The van der Waals surface area contributed by atoms with E-state index in [1.165, 1.54) is 9.79 Å². The van der Waals surface area contributed by atoms with E-state index in [4.69, 9.17) is 0 Å². The maximum Gasteiger partial charge on any atom is 0.125 e. The standard InChI is InChI=1S/C17H16OS2/c1-13-16(12-18)17(13,19-14-8-4-2-5-9-14)20-15-10-6-3-7-11-15/h2-13,16H,1H3. The van der Waals surface area contributed by atoms with Crippen molar-refractivity contribution < 1.29 is 4.79 Å². The van der Waals surface area contributed by atoms with Gasteiger partial charge < -0.3 is 4.79 Å². The van der Waals surface area contributed by atoms with Crippen LogP contribution < -0.4 is 0 Å². The molecule has 1 fully saturated rings. The first-order valence-corrected chi connectivity index (χ1v) is 8.33. The number of aldehydes is 1. The van der Waals surface area contributed by atoms with E-state index in [0.717, 1.165) is 6.29 Å². The van der Waals surface area contributed by atoms with Crippen LogP contribution in [0.3, 0.4) is 0 Å². The number of rotatable bonds is 5. The van der Waals surface area contributed by atoms with Crippen molar-refractivity contribution in [3.05, 3.63) is 60.7 Å². The molecule has 2 aromatic carbocycles. The summed E-state index contributed by atoms with van der Waals surface area (Å²) in [4.78, 5) is 13.8. The first kappa shape index (κ1) is 13.8. The third-order valence-electron chi connectivity index (χ3n) is 3.72. The molecule has 0 N–H and O–H groups in total. The fourth-order valence-corrected chi connectivity index (χ4v) is 5.82. The van der Waals surface area contributed by atoms with Gasteiger partial charge in [0.15, 0.2) is 0 Å².